The molecule has 0 amide bonds. The van der Waals surface area contributed by atoms with Crippen LogP contribution in [0.5, 0.6) is 0 Å². The van der Waals surface area contributed by atoms with Gasteiger partial charge in [0.2, 0.25) is 0 Å². The number of aliphatic hydroxyl groups excluding tert-OH is 1. The Morgan fingerprint density at radius 2 is 1.93 bits per heavy atom. The van der Waals surface area contributed by atoms with E-state index in [4.69, 9.17) is 0 Å². The Morgan fingerprint density at radius 3 is 2.48 bits per heavy atom. The van der Waals surface area contributed by atoms with Gasteiger partial charge in [-0.25, -0.2) is 0 Å². The van der Waals surface area contributed by atoms with Gasteiger partial charge in [0.05, 0.1) is 0 Å². The van der Waals surface area contributed by atoms with Gasteiger partial charge >= 0.3 is 166 Å². The SMILES string of the molecule is Cc1nc2c(c(CO)nn2I(c2ccc(C(C)(C)C)cc2)C2CC2)c(=O)[nH]1. The number of nitrogens with one attached hydrogen (secondary N) is 1. The Labute approximate surface area is 165 Å². The number of hydrogen-bond donors (Lipinski definition) is 2. The monoisotopic (exact) mass is 480 g/mol. The van der Waals surface area contributed by atoms with Gasteiger partial charge in [-0.3, -0.25) is 0 Å². The number of fused-ring (bicyclic) bond motifs is 1. The van der Waals surface area contributed by atoms with E-state index in [1.807, 2.05) is 2.90 Å². The fourth-order valence-electron chi connectivity index (χ4n) is 3.16. The summed E-state index contributed by atoms with van der Waals surface area (Å²) in [4.78, 5) is 19.8. The van der Waals surface area contributed by atoms with Crippen LogP contribution in [0.15, 0.2) is 29.1 Å². The molecule has 4 rings (SSSR count). The summed E-state index contributed by atoms with van der Waals surface area (Å²) >= 11 is -1.91. The van der Waals surface area contributed by atoms with Crippen LogP contribution in [0, 0.1) is 10.5 Å². The first-order valence-electron chi connectivity index (χ1n) is 9.18. The summed E-state index contributed by atoms with van der Waals surface area (Å²) in [6.45, 7) is 8.17. The van der Waals surface area contributed by atoms with Crippen molar-refractivity contribution in [2.45, 2.75) is 56.5 Å². The van der Waals surface area contributed by atoms with Gasteiger partial charge in [0.25, 0.3) is 0 Å². The van der Waals surface area contributed by atoms with Crippen LogP contribution >= 0.6 is 20.1 Å². The molecule has 1 aliphatic rings. The second kappa shape index (κ2) is 6.70. The van der Waals surface area contributed by atoms with Gasteiger partial charge in [-0.2, -0.15) is 0 Å². The van der Waals surface area contributed by atoms with Crippen molar-refractivity contribution in [1.82, 2.24) is 18.0 Å². The Balaban J connectivity index is 1.88. The van der Waals surface area contributed by atoms with E-state index in [0.29, 0.717) is 26.5 Å². The number of hydrogen-bond acceptors (Lipinski definition) is 4. The maximum atomic E-state index is 12.4. The molecule has 2 heterocycles. The van der Waals surface area contributed by atoms with Crippen LogP contribution in [-0.4, -0.2) is 27.0 Å². The third kappa shape index (κ3) is 3.42. The van der Waals surface area contributed by atoms with E-state index in [1.165, 1.54) is 22.0 Å². The molecule has 7 heteroatoms. The number of aromatic amines is 1. The molecule has 0 spiro atoms. The molecule has 6 nitrogen and oxygen atoms in total. The quantitative estimate of drug-likeness (QED) is 0.442. The standard InChI is InChI=1S/C20H25IN4O2/c1-12-22-18-17(19(27)23-12)16(11-26)24-25(18)21(15-9-10-15)14-7-5-13(6-8-14)20(2,3)4/h5-8,15,26H,9-11H2,1-4H3,(H,22,23,27). The van der Waals surface area contributed by atoms with E-state index in [9.17, 15) is 9.90 Å². The number of aromatic nitrogens is 4. The zero-order valence-electron chi connectivity index (χ0n) is 16.1. The number of aliphatic hydroxyl groups is 1. The van der Waals surface area contributed by atoms with Crippen molar-refractivity contribution in [3.63, 3.8) is 0 Å². The van der Waals surface area contributed by atoms with E-state index < -0.39 is 20.1 Å². The predicted molar refractivity (Wildman–Crippen MR) is 115 cm³/mol. The summed E-state index contributed by atoms with van der Waals surface area (Å²) in [5.74, 6) is 0.577. The third-order valence-corrected chi connectivity index (χ3v) is 11.3. The Hall–Kier alpha value is -1.74. The zero-order valence-corrected chi connectivity index (χ0v) is 18.2. The first-order valence-corrected chi connectivity index (χ1v) is 12.5. The average molecular weight is 480 g/mol. The topological polar surface area (TPSA) is 83.8 Å². The van der Waals surface area contributed by atoms with Gasteiger partial charge in [0, 0.05) is 0 Å². The van der Waals surface area contributed by atoms with Gasteiger partial charge in [-0.1, -0.05) is 0 Å². The van der Waals surface area contributed by atoms with E-state index >= 15 is 0 Å². The number of H-pyrrole nitrogens is 1. The normalized spacial score (nSPS) is 15.4. The second-order valence-electron chi connectivity index (χ2n) is 8.04. The summed E-state index contributed by atoms with van der Waals surface area (Å²) in [6.07, 6.45) is 2.40. The van der Waals surface area contributed by atoms with Crippen molar-refractivity contribution in [2.75, 3.05) is 0 Å². The van der Waals surface area contributed by atoms with E-state index in [1.54, 1.807) is 6.92 Å². The van der Waals surface area contributed by atoms with Crippen molar-refractivity contribution in [3.05, 3.63) is 55.3 Å². The molecule has 1 fully saturated rings. The molecule has 0 bridgehead atoms. The molecule has 0 radical (unpaired) electrons. The molecule has 0 aliphatic heterocycles. The molecule has 0 atom stereocenters. The van der Waals surface area contributed by atoms with E-state index in [0.717, 1.165) is 0 Å². The molecule has 3 aromatic rings. The predicted octanol–water partition coefficient (Wildman–Crippen LogP) is 3.52. The van der Waals surface area contributed by atoms with Crippen molar-refractivity contribution in [2.24, 2.45) is 0 Å². The Kier molecular flexibility index (Phi) is 4.62. The minimum atomic E-state index is -1.91. The maximum absolute atomic E-state index is 12.4. The first kappa shape index (κ1) is 18.6. The molecule has 0 unspecified atom stereocenters. The average Bonchev–Trinajstić information content (AvgIpc) is 3.36. The van der Waals surface area contributed by atoms with Crippen LogP contribution < -0.4 is 5.56 Å². The van der Waals surface area contributed by atoms with Crippen LogP contribution in [0.1, 0.15) is 50.7 Å². The minimum absolute atomic E-state index is 0.117. The summed E-state index contributed by atoms with van der Waals surface area (Å²) < 4.78 is 3.96. The van der Waals surface area contributed by atoms with Crippen LogP contribution in [0.3, 0.4) is 0 Å². The number of aryl methyl sites for hydroxylation is 1. The van der Waals surface area contributed by atoms with Crippen LogP contribution in [-0.2, 0) is 12.0 Å². The molecular weight excluding hydrogens is 455 g/mol. The molecule has 1 saturated carbocycles. The van der Waals surface area contributed by atoms with Crippen molar-refractivity contribution in [3.8, 4) is 0 Å². The molecule has 144 valence electrons. The molecular formula is C20H25IN4O2. The molecule has 27 heavy (non-hydrogen) atoms. The number of halogens is 1. The fraction of sp³-hybridized carbons (Fsp3) is 0.450. The Bertz CT molecular complexity index is 1040. The van der Waals surface area contributed by atoms with E-state index in [-0.39, 0.29) is 17.6 Å². The van der Waals surface area contributed by atoms with Crippen LogP contribution in [0.25, 0.3) is 11.0 Å². The van der Waals surface area contributed by atoms with Crippen LogP contribution in [0.2, 0.25) is 0 Å². The summed E-state index contributed by atoms with van der Waals surface area (Å²) in [5.41, 5.74) is 2.25. The molecule has 2 aromatic heterocycles. The molecule has 1 aliphatic carbocycles. The summed E-state index contributed by atoms with van der Waals surface area (Å²) in [7, 11) is 0. The molecule has 0 saturated heterocycles. The number of rotatable bonds is 4. The Morgan fingerprint density at radius 1 is 1.26 bits per heavy atom. The van der Waals surface area contributed by atoms with Gasteiger partial charge in [-0.15, -0.1) is 0 Å². The second-order valence-corrected chi connectivity index (χ2v) is 13.6. The fourth-order valence-corrected chi connectivity index (χ4v) is 9.42. The summed E-state index contributed by atoms with van der Waals surface area (Å²) in [6, 6.07) is 8.89. The number of nitrogens with zero attached hydrogens (tertiary/aromatic N) is 3. The number of alkyl halides is 1. The van der Waals surface area contributed by atoms with Gasteiger partial charge in [-0.05, 0) is 0 Å². The molecule has 1 aromatic carbocycles. The van der Waals surface area contributed by atoms with Gasteiger partial charge < -0.3 is 0 Å². The first-order chi connectivity index (χ1) is 12.8. The van der Waals surface area contributed by atoms with Crippen molar-refractivity contribution < 1.29 is 5.11 Å². The van der Waals surface area contributed by atoms with Crippen molar-refractivity contribution in [1.29, 1.82) is 0 Å². The van der Waals surface area contributed by atoms with Gasteiger partial charge in [0.1, 0.15) is 0 Å². The third-order valence-electron chi connectivity index (χ3n) is 4.75. The van der Waals surface area contributed by atoms with Crippen LogP contribution in [0.4, 0.5) is 0 Å². The number of benzene rings is 1. The summed E-state index contributed by atoms with van der Waals surface area (Å²) in [5, 5.41) is 14.8. The van der Waals surface area contributed by atoms with E-state index in [2.05, 4.69) is 60.1 Å². The zero-order chi connectivity index (χ0) is 19.3. The van der Waals surface area contributed by atoms with Crippen molar-refractivity contribution >= 4 is 31.1 Å². The molecule has 2 N–H and O–H groups in total. The van der Waals surface area contributed by atoms with Gasteiger partial charge in [0.15, 0.2) is 0 Å².